The molecule has 0 saturated carbocycles. The quantitative estimate of drug-likeness (QED) is 0.752. The Morgan fingerprint density at radius 3 is 2.38 bits per heavy atom. The van der Waals surface area contributed by atoms with Gasteiger partial charge in [0, 0.05) is 38.1 Å². The van der Waals surface area contributed by atoms with E-state index in [2.05, 4.69) is 77.3 Å². The van der Waals surface area contributed by atoms with E-state index >= 15 is 0 Å². The Morgan fingerprint density at radius 2 is 1.72 bits per heavy atom. The van der Waals surface area contributed by atoms with Crippen molar-refractivity contribution in [1.82, 2.24) is 15.0 Å². The lowest BCUT2D eigenvalue weighted by Gasteiger charge is -2.36. The molecular formula is C20H29BN6O2. The number of benzene rings is 1. The van der Waals surface area contributed by atoms with Crippen LogP contribution in [0, 0.1) is 0 Å². The van der Waals surface area contributed by atoms with E-state index in [1.54, 1.807) is 12.3 Å². The van der Waals surface area contributed by atoms with Gasteiger partial charge in [0.25, 0.3) is 0 Å². The summed E-state index contributed by atoms with van der Waals surface area (Å²) in [6.07, 6.45) is 1.65. The van der Waals surface area contributed by atoms with E-state index in [0.717, 1.165) is 31.6 Å². The van der Waals surface area contributed by atoms with Crippen molar-refractivity contribution < 1.29 is 9.31 Å². The third-order valence-corrected chi connectivity index (χ3v) is 5.98. The number of nitrogens with two attached hydrogens (primary N) is 1. The topological polar surface area (TPSA) is 88.8 Å². The maximum Gasteiger partial charge on any atom is 0.494 e. The maximum absolute atomic E-state index is 6.20. The van der Waals surface area contributed by atoms with Gasteiger partial charge in [-0.3, -0.25) is 5.43 Å². The molecule has 2 saturated heterocycles. The Hall–Kier alpha value is -2.36. The van der Waals surface area contributed by atoms with Gasteiger partial charge in [0.15, 0.2) is 0 Å². The van der Waals surface area contributed by atoms with E-state index < -0.39 is 0 Å². The van der Waals surface area contributed by atoms with Crippen molar-refractivity contribution in [3.63, 3.8) is 0 Å². The first kappa shape index (κ1) is 19.9. The maximum atomic E-state index is 6.20. The summed E-state index contributed by atoms with van der Waals surface area (Å²) in [5, 5.41) is 2.11. The number of hydrogen-bond acceptors (Lipinski definition) is 8. The molecule has 3 heterocycles. The van der Waals surface area contributed by atoms with E-state index in [0.29, 0.717) is 11.8 Å². The Labute approximate surface area is 172 Å². The Balaban J connectivity index is 1.39. The lowest BCUT2D eigenvalue weighted by Crippen LogP contribution is -2.49. The molecule has 29 heavy (non-hydrogen) atoms. The van der Waals surface area contributed by atoms with Crippen LogP contribution in [0.5, 0.6) is 0 Å². The number of anilines is 3. The first-order valence-electron chi connectivity index (χ1n) is 10.0. The minimum Gasteiger partial charge on any atom is -0.399 e. The van der Waals surface area contributed by atoms with Crippen molar-refractivity contribution in [3.8, 4) is 0 Å². The molecule has 0 atom stereocenters. The highest BCUT2D eigenvalue weighted by Gasteiger charge is 2.51. The van der Waals surface area contributed by atoms with Crippen LogP contribution in [-0.2, 0) is 9.31 Å². The van der Waals surface area contributed by atoms with Crippen molar-refractivity contribution >= 4 is 30.0 Å². The molecule has 2 aliphatic heterocycles. The molecule has 9 heteroatoms. The van der Waals surface area contributed by atoms with Gasteiger partial charge in [0.2, 0.25) is 5.95 Å². The van der Waals surface area contributed by atoms with Crippen LogP contribution >= 0.6 is 0 Å². The summed E-state index contributed by atoms with van der Waals surface area (Å²) >= 11 is 0. The fourth-order valence-corrected chi connectivity index (χ4v) is 3.49. The summed E-state index contributed by atoms with van der Waals surface area (Å²) in [6, 6.07) is 10.1. The largest absolute Gasteiger partial charge is 0.494 e. The molecule has 154 valence electrons. The van der Waals surface area contributed by atoms with Crippen LogP contribution in [0.4, 0.5) is 17.5 Å². The second kappa shape index (κ2) is 7.48. The molecule has 3 N–H and O–H groups in total. The fourth-order valence-electron chi connectivity index (χ4n) is 3.49. The fraction of sp³-hybridized carbons (Fsp3) is 0.500. The van der Waals surface area contributed by atoms with Crippen molar-refractivity contribution in [2.45, 2.75) is 38.9 Å². The number of nitrogens with one attached hydrogen (secondary N) is 1. The van der Waals surface area contributed by atoms with E-state index in [4.69, 9.17) is 15.0 Å². The van der Waals surface area contributed by atoms with E-state index in [1.165, 1.54) is 5.69 Å². The second-order valence-corrected chi connectivity index (χ2v) is 8.57. The molecule has 2 fully saturated rings. The number of nitrogen functional groups attached to an aromatic ring is 1. The molecule has 2 aromatic rings. The van der Waals surface area contributed by atoms with Gasteiger partial charge >= 0.3 is 7.12 Å². The highest BCUT2D eigenvalue weighted by atomic mass is 16.7. The minimum absolute atomic E-state index is 0.339. The van der Waals surface area contributed by atoms with Gasteiger partial charge in [-0.05, 0) is 51.4 Å². The summed E-state index contributed by atoms with van der Waals surface area (Å²) in [4.78, 5) is 10.8. The number of aromatic nitrogens is 2. The molecule has 0 aliphatic carbocycles. The Kier molecular flexibility index (Phi) is 5.14. The van der Waals surface area contributed by atoms with Crippen LogP contribution in [0.1, 0.15) is 27.7 Å². The highest BCUT2D eigenvalue weighted by molar-refractivity contribution is 6.62. The number of rotatable bonds is 4. The normalized spacial score (nSPS) is 21.4. The molecule has 0 unspecified atom stereocenters. The number of hydrazine groups is 1. The van der Waals surface area contributed by atoms with Crippen LogP contribution < -0.4 is 21.5 Å². The van der Waals surface area contributed by atoms with Crippen LogP contribution in [0.3, 0.4) is 0 Å². The van der Waals surface area contributed by atoms with E-state index in [1.807, 2.05) is 0 Å². The zero-order valence-electron chi connectivity index (χ0n) is 17.6. The van der Waals surface area contributed by atoms with Crippen LogP contribution in [0.2, 0.25) is 0 Å². The van der Waals surface area contributed by atoms with Gasteiger partial charge in [0.05, 0.1) is 11.2 Å². The summed E-state index contributed by atoms with van der Waals surface area (Å²) in [5.41, 5.74) is 10.5. The van der Waals surface area contributed by atoms with Gasteiger partial charge in [0.1, 0.15) is 5.82 Å². The number of hydrogen-bond donors (Lipinski definition) is 2. The van der Waals surface area contributed by atoms with E-state index in [9.17, 15) is 0 Å². The van der Waals surface area contributed by atoms with Crippen LogP contribution in [0.25, 0.3) is 0 Å². The molecule has 0 amide bonds. The van der Waals surface area contributed by atoms with Crippen molar-refractivity contribution in [2.75, 3.05) is 42.2 Å². The summed E-state index contributed by atoms with van der Waals surface area (Å²) < 4.78 is 12.4. The SMILES string of the molecule is CC1(C)OB(c2cccc(N3CCN(Nc4nccc(N)n4)CC3)c2)OC1(C)C. The summed E-state index contributed by atoms with van der Waals surface area (Å²) in [5.74, 6) is 0.988. The average Bonchev–Trinajstić information content (AvgIpc) is 2.90. The van der Waals surface area contributed by atoms with Crippen LogP contribution in [0.15, 0.2) is 36.5 Å². The van der Waals surface area contributed by atoms with Crippen molar-refractivity contribution in [2.24, 2.45) is 0 Å². The molecule has 0 radical (unpaired) electrons. The average molecular weight is 396 g/mol. The molecule has 0 bridgehead atoms. The molecule has 2 aliphatic rings. The minimum atomic E-state index is -0.344. The smallest absolute Gasteiger partial charge is 0.399 e. The molecule has 8 nitrogen and oxygen atoms in total. The van der Waals surface area contributed by atoms with Crippen molar-refractivity contribution in [3.05, 3.63) is 36.5 Å². The molecular weight excluding hydrogens is 367 g/mol. The van der Waals surface area contributed by atoms with E-state index in [-0.39, 0.29) is 18.3 Å². The van der Waals surface area contributed by atoms with Gasteiger partial charge in [-0.1, -0.05) is 12.1 Å². The Bertz CT molecular complexity index is 854. The van der Waals surface area contributed by atoms with Gasteiger partial charge in [-0.15, -0.1) is 0 Å². The highest BCUT2D eigenvalue weighted by Crippen LogP contribution is 2.36. The number of piperazine rings is 1. The lowest BCUT2D eigenvalue weighted by atomic mass is 9.79. The predicted octanol–water partition coefficient (Wildman–Crippen LogP) is 1.51. The number of nitrogens with zero attached hydrogens (tertiary/aromatic N) is 4. The van der Waals surface area contributed by atoms with Crippen molar-refractivity contribution in [1.29, 1.82) is 0 Å². The zero-order chi connectivity index (χ0) is 20.6. The zero-order valence-corrected chi connectivity index (χ0v) is 17.6. The first-order valence-corrected chi connectivity index (χ1v) is 10.0. The standard InChI is InChI=1S/C20H29BN6O2/c1-19(2)20(3,4)29-21(28-19)15-6-5-7-16(14-15)26-10-12-27(13-11-26)25-18-23-9-8-17(22)24-18/h5-9,14H,10-13H2,1-4H3,(H3,22,23,24,25). The molecule has 1 aromatic carbocycles. The summed E-state index contributed by atoms with van der Waals surface area (Å²) in [6.45, 7) is 11.8. The lowest BCUT2D eigenvalue weighted by molar-refractivity contribution is 0.00578. The first-order chi connectivity index (χ1) is 13.7. The molecule has 0 spiro atoms. The van der Waals surface area contributed by atoms with Gasteiger partial charge < -0.3 is 19.9 Å². The second-order valence-electron chi connectivity index (χ2n) is 8.57. The van der Waals surface area contributed by atoms with Crippen LogP contribution in [-0.4, -0.2) is 59.5 Å². The predicted molar refractivity (Wildman–Crippen MR) is 116 cm³/mol. The molecule has 4 rings (SSSR count). The molecule has 1 aromatic heterocycles. The summed E-state index contributed by atoms with van der Waals surface area (Å²) in [7, 11) is -0.344. The Morgan fingerprint density at radius 1 is 1.03 bits per heavy atom. The monoisotopic (exact) mass is 396 g/mol. The van der Waals surface area contributed by atoms with Gasteiger partial charge in [-0.2, -0.15) is 4.98 Å². The van der Waals surface area contributed by atoms with Gasteiger partial charge in [-0.25, -0.2) is 9.99 Å². The third-order valence-electron chi connectivity index (χ3n) is 5.98. The third kappa shape index (κ3) is 4.17.